The van der Waals surface area contributed by atoms with Gasteiger partial charge in [0.2, 0.25) is 0 Å². The van der Waals surface area contributed by atoms with Crippen LogP contribution in [0.4, 0.5) is 15.8 Å². The molecule has 0 radical (unpaired) electrons. The molecule has 3 aromatic carbocycles. The molecule has 1 saturated heterocycles. The number of halogens is 1. The monoisotopic (exact) mass is 364 g/mol. The molecule has 4 rings (SSSR count). The van der Waals surface area contributed by atoms with Crippen molar-refractivity contribution < 1.29 is 14.2 Å². The first-order chi connectivity index (χ1) is 13.1. The third kappa shape index (κ3) is 3.52. The van der Waals surface area contributed by atoms with Crippen molar-refractivity contribution in [3.63, 3.8) is 0 Å². The van der Waals surface area contributed by atoms with Crippen LogP contribution in [0.25, 0.3) is 0 Å². The van der Waals surface area contributed by atoms with Crippen molar-refractivity contribution in [2.24, 2.45) is 0 Å². The van der Waals surface area contributed by atoms with Crippen molar-refractivity contribution in [1.29, 1.82) is 0 Å². The van der Waals surface area contributed by atoms with Gasteiger partial charge in [0.05, 0.1) is 16.7 Å². The molecule has 1 heterocycles. The number of non-ortho nitro benzene ring substituents is 1. The van der Waals surface area contributed by atoms with Crippen molar-refractivity contribution in [2.45, 2.75) is 18.6 Å². The van der Waals surface area contributed by atoms with Crippen LogP contribution in [0, 0.1) is 15.9 Å². The maximum absolute atomic E-state index is 13.3. The minimum absolute atomic E-state index is 0.0368. The Morgan fingerprint density at radius 2 is 1.67 bits per heavy atom. The lowest BCUT2D eigenvalue weighted by atomic mass is 9.97. The van der Waals surface area contributed by atoms with E-state index in [1.54, 1.807) is 29.3 Å². The van der Waals surface area contributed by atoms with E-state index in [0.29, 0.717) is 12.1 Å². The Balaban J connectivity index is 1.72. The Hall–Kier alpha value is -3.25. The second-order valence-electron chi connectivity index (χ2n) is 6.41. The summed E-state index contributed by atoms with van der Waals surface area (Å²) >= 11 is 0. The zero-order valence-corrected chi connectivity index (χ0v) is 14.4. The van der Waals surface area contributed by atoms with Crippen molar-refractivity contribution in [3.8, 4) is 0 Å². The summed E-state index contributed by atoms with van der Waals surface area (Å²) in [5.41, 5.74) is 2.55. The minimum Gasteiger partial charge on any atom is -0.265 e. The van der Waals surface area contributed by atoms with E-state index in [2.05, 4.69) is 0 Å². The molecule has 1 aliphatic rings. The van der Waals surface area contributed by atoms with Crippen molar-refractivity contribution in [1.82, 2.24) is 0 Å². The molecule has 0 saturated carbocycles. The first-order valence-electron chi connectivity index (χ1n) is 8.63. The van der Waals surface area contributed by atoms with Gasteiger partial charge in [-0.3, -0.25) is 15.0 Å². The van der Waals surface area contributed by atoms with Crippen LogP contribution in [0.15, 0.2) is 78.9 Å². The molecule has 1 fully saturated rings. The molecular formula is C21H17FN2O3. The predicted molar refractivity (Wildman–Crippen MR) is 99.6 cm³/mol. The number of rotatable bonds is 4. The Morgan fingerprint density at radius 1 is 0.963 bits per heavy atom. The van der Waals surface area contributed by atoms with Gasteiger partial charge in [0.1, 0.15) is 11.9 Å². The number of hydroxylamine groups is 1. The van der Waals surface area contributed by atoms with Crippen LogP contribution in [0.5, 0.6) is 0 Å². The largest absolute Gasteiger partial charge is 0.269 e. The Labute approximate surface area is 155 Å². The van der Waals surface area contributed by atoms with Gasteiger partial charge in [0.15, 0.2) is 0 Å². The van der Waals surface area contributed by atoms with Crippen molar-refractivity contribution >= 4 is 11.4 Å². The molecular weight excluding hydrogens is 347 g/mol. The van der Waals surface area contributed by atoms with Crippen LogP contribution < -0.4 is 5.06 Å². The smallest absolute Gasteiger partial charge is 0.265 e. The zero-order chi connectivity index (χ0) is 18.8. The highest BCUT2D eigenvalue weighted by molar-refractivity contribution is 5.49. The van der Waals surface area contributed by atoms with Crippen LogP contribution in [-0.2, 0) is 4.84 Å². The first-order valence-corrected chi connectivity index (χ1v) is 8.63. The summed E-state index contributed by atoms with van der Waals surface area (Å²) in [6.45, 7) is 0. The molecule has 0 N–H and O–H groups in total. The second kappa shape index (κ2) is 7.17. The average molecular weight is 364 g/mol. The van der Waals surface area contributed by atoms with E-state index in [1.807, 2.05) is 36.4 Å². The molecule has 6 heteroatoms. The van der Waals surface area contributed by atoms with Crippen LogP contribution in [0.2, 0.25) is 0 Å². The van der Waals surface area contributed by atoms with E-state index >= 15 is 0 Å². The average Bonchev–Trinajstić information content (AvgIpc) is 3.15. The van der Waals surface area contributed by atoms with E-state index in [0.717, 1.165) is 11.1 Å². The SMILES string of the molecule is O=[N+]([O-])c1cccc([C@@H]2C[C@@H](c3ccccc3)ON2c2ccc(F)cc2)c1. The lowest BCUT2D eigenvalue weighted by Gasteiger charge is -2.25. The topological polar surface area (TPSA) is 55.6 Å². The fraction of sp³-hybridized carbons (Fsp3) is 0.143. The third-order valence-corrected chi connectivity index (χ3v) is 4.68. The molecule has 0 aromatic heterocycles. The minimum atomic E-state index is -0.407. The standard InChI is InChI=1S/C21H17FN2O3/c22-17-9-11-18(12-10-17)23-20(16-7-4-8-19(13-16)24(25)26)14-21(27-23)15-5-2-1-3-6-15/h1-13,20-21H,14H2/t20-,21-/m0/s1. The summed E-state index contributed by atoms with van der Waals surface area (Å²) in [6, 6.07) is 22.2. The molecule has 1 aliphatic heterocycles. The molecule has 136 valence electrons. The molecule has 27 heavy (non-hydrogen) atoms. The van der Waals surface area contributed by atoms with Crippen LogP contribution in [0.1, 0.15) is 29.7 Å². The summed E-state index contributed by atoms with van der Waals surface area (Å²) in [4.78, 5) is 16.9. The Kier molecular flexibility index (Phi) is 4.56. The van der Waals surface area contributed by atoms with E-state index in [4.69, 9.17) is 4.84 Å². The molecule has 5 nitrogen and oxygen atoms in total. The number of hydrogen-bond donors (Lipinski definition) is 0. The highest BCUT2D eigenvalue weighted by atomic mass is 19.1. The van der Waals surface area contributed by atoms with Gasteiger partial charge in [-0.1, -0.05) is 42.5 Å². The maximum Gasteiger partial charge on any atom is 0.269 e. The lowest BCUT2D eigenvalue weighted by molar-refractivity contribution is -0.384. The van der Waals surface area contributed by atoms with Crippen molar-refractivity contribution in [2.75, 3.05) is 5.06 Å². The predicted octanol–water partition coefficient (Wildman–Crippen LogP) is 5.36. The van der Waals surface area contributed by atoms with Gasteiger partial charge in [-0.05, 0) is 35.4 Å². The van der Waals surface area contributed by atoms with Crippen LogP contribution in [0.3, 0.4) is 0 Å². The molecule has 3 aromatic rings. The normalized spacial score (nSPS) is 19.2. The number of nitrogens with zero attached hydrogens (tertiary/aromatic N) is 2. The highest BCUT2D eigenvalue weighted by Crippen LogP contribution is 2.44. The second-order valence-corrected chi connectivity index (χ2v) is 6.41. The lowest BCUT2D eigenvalue weighted by Crippen LogP contribution is -2.21. The first kappa shape index (κ1) is 17.2. The molecule has 0 bridgehead atoms. The van der Waals surface area contributed by atoms with Crippen LogP contribution >= 0.6 is 0 Å². The fourth-order valence-corrected chi connectivity index (χ4v) is 3.36. The van der Waals surface area contributed by atoms with E-state index < -0.39 is 4.92 Å². The summed E-state index contributed by atoms with van der Waals surface area (Å²) < 4.78 is 13.3. The number of nitro groups is 1. The Bertz CT molecular complexity index is 947. The van der Waals surface area contributed by atoms with E-state index in [-0.39, 0.29) is 23.7 Å². The summed E-state index contributed by atoms with van der Waals surface area (Å²) in [5.74, 6) is -0.329. The molecule has 0 spiro atoms. The maximum atomic E-state index is 13.3. The number of hydrogen-bond acceptors (Lipinski definition) is 4. The number of benzene rings is 3. The molecule has 0 unspecified atom stereocenters. The summed E-state index contributed by atoms with van der Waals surface area (Å²) in [6.07, 6.45) is 0.434. The third-order valence-electron chi connectivity index (χ3n) is 4.68. The summed E-state index contributed by atoms with van der Waals surface area (Å²) in [7, 11) is 0. The van der Waals surface area contributed by atoms with Gasteiger partial charge in [-0.15, -0.1) is 0 Å². The van der Waals surface area contributed by atoms with Gasteiger partial charge >= 0.3 is 0 Å². The van der Waals surface area contributed by atoms with E-state index in [1.165, 1.54) is 18.2 Å². The number of nitro benzene ring substituents is 1. The van der Waals surface area contributed by atoms with Gasteiger partial charge in [0, 0.05) is 18.6 Å². The van der Waals surface area contributed by atoms with Gasteiger partial charge in [-0.25, -0.2) is 9.45 Å². The Morgan fingerprint density at radius 3 is 2.37 bits per heavy atom. The van der Waals surface area contributed by atoms with Crippen LogP contribution in [-0.4, -0.2) is 4.92 Å². The fourth-order valence-electron chi connectivity index (χ4n) is 3.36. The van der Waals surface area contributed by atoms with Gasteiger partial charge in [0.25, 0.3) is 5.69 Å². The van der Waals surface area contributed by atoms with E-state index in [9.17, 15) is 14.5 Å². The molecule has 0 amide bonds. The zero-order valence-electron chi connectivity index (χ0n) is 14.4. The summed E-state index contributed by atoms with van der Waals surface area (Å²) in [5, 5.41) is 12.9. The van der Waals surface area contributed by atoms with Gasteiger partial charge in [-0.2, -0.15) is 0 Å². The molecule has 0 aliphatic carbocycles. The quantitative estimate of drug-likeness (QED) is 0.462. The number of anilines is 1. The highest BCUT2D eigenvalue weighted by Gasteiger charge is 2.36. The van der Waals surface area contributed by atoms with Crippen molar-refractivity contribution in [3.05, 3.63) is 106 Å². The molecule has 2 atom stereocenters. The van der Waals surface area contributed by atoms with Gasteiger partial charge < -0.3 is 0 Å².